The summed E-state index contributed by atoms with van der Waals surface area (Å²) in [7, 11) is 1.38. The van der Waals surface area contributed by atoms with Gasteiger partial charge in [0.15, 0.2) is 0 Å². The normalized spacial score (nSPS) is 15.8. The van der Waals surface area contributed by atoms with Crippen molar-refractivity contribution in [3.05, 3.63) is 53.5 Å². The van der Waals surface area contributed by atoms with Gasteiger partial charge < -0.3 is 13.9 Å². The van der Waals surface area contributed by atoms with E-state index in [9.17, 15) is 4.79 Å². The van der Waals surface area contributed by atoms with Crippen LogP contribution in [0.5, 0.6) is 5.75 Å². The first-order valence-corrected chi connectivity index (χ1v) is 8.96. The van der Waals surface area contributed by atoms with Gasteiger partial charge in [-0.3, -0.25) is 9.80 Å². The highest BCUT2D eigenvalue weighted by Gasteiger charge is 2.20. The van der Waals surface area contributed by atoms with Gasteiger partial charge in [-0.1, -0.05) is 18.2 Å². The summed E-state index contributed by atoms with van der Waals surface area (Å²) in [6.07, 6.45) is 0. The monoisotopic (exact) mass is 358 g/mol. The van der Waals surface area contributed by atoms with Gasteiger partial charge in [0.1, 0.15) is 29.4 Å². The SMILES string of the molecule is COC(=O)c1cc(CN2CCN(CCOc3ccccc3)CC2)oc1C. The lowest BCUT2D eigenvalue weighted by molar-refractivity contribution is 0.0599. The van der Waals surface area contributed by atoms with Gasteiger partial charge in [0.25, 0.3) is 0 Å². The van der Waals surface area contributed by atoms with E-state index in [1.807, 2.05) is 30.3 Å². The average molecular weight is 358 g/mol. The van der Waals surface area contributed by atoms with Crippen molar-refractivity contribution in [3.63, 3.8) is 0 Å². The first-order chi connectivity index (χ1) is 12.7. The number of esters is 1. The third-order valence-electron chi connectivity index (χ3n) is 4.64. The van der Waals surface area contributed by atoms with Crippen LogP contribution in [-0.4, -0.2) is 62.2 Å². The first kappa shape index (κ1) is 18.5. The van der Waals surface area contributed by atoms with Crippen LogP contribution in [-0.2, 0) is 11.3 Å². The molecule has 1 saturated heterocycles. The lowest BCUT2D eigenvalue weighted by Gasteiger charge is -2.34. The number of carbonyl (C=O) groups is 1. The second kappa shape index (κ2) is 8.87. The predicted molar refractivity (Wildman–Crippen MR) is 98.4 cm³/mol. The first-order valence-electron chi connectivity index (χ1n) is 8.96. The van der Waals surface area contributed by atoms with Gasteiger partial charge in [-0.05, 0) is 25.1 Å². The lowest BCUT2D eigenvalue weighted by Crippen LogP contribution is -2.46. The van der Waals surface area contributed by atoms with Crippen molar-refractivity contribution < 1.29 is 18.7 Å². The van der Waals surface area contributed by atoms with Gasteiger partial charge in [-0.2, -0.15) is 0 Å². The van der Waals surface area contributed by atoms with Crippen LogP contribution in [0, 0.1) is 6.92 Å². The van der Waals surface area contributed by atoms with E-state index in [-0.39, 0.29) is 5.97 Å². The van der Waals surface area contributed by atoms with Crippen molar-refractivity contribution in [2.24, 2.45) is 0 Å². The zero-order valence-electron chi connectivity index (χ0n) is 15.4. The van der Waals surface area contributed by atoms with Crippen LogP contribution in [0.2, 0.25) is 0 Å². The molecular weight excluding hydrogens is 332 g/mol. The number of rotatable bonds is 7. The molecule has 0 N–H and O–H groups in total. The summed E-state index contributed by atoms with van der Waals surface area (Å²) in [4.78, 5) is 16.4. The Kier molecular flexibility index (Phi) is 6.30. The average Bonchev–Trinajstić information content (AvgIpc) is 3.03. The maximum absolute atomic E-state index is 11.7. The van der Waals surface area contributed by atoms with E-state index < -0.39 is 0 Å². The molecule has 1 aliphatic heterocycles. The molecule has 2 heterocycles. The van der Waals surface area contributed by atoms with Crippen molar-refractivity contribution in [1.82, 2.24) is 9.80 Å². The maximum atomic E-state index is 11.7. The minimum atomic E-state index is -0.347. The topological polar surface area (TPSA) is 55.2 Å². The Morgan fingerprint density at radius 3 is 2.50 bits per heavy atom. The second-order valence-electron chi connectivity index (χ2n) is 6.45. The summed E-state index contributed by atoms with van der Waals surface area (Å²) < 4.78 is 16.2. The summed E-state index contributed by atoms with van der Waals surface area (Å²) in [5.74, 6) is 1.99. The highest BCUT2D eigenvalue weighted by molar-refractivity contribution is 5.90. The van der Waals surface area contributed by atoms with Crippen molar-refractivity contribution in [3.8, 4) is 5.75 Å². The smallest absolute Gasteiger partial charge is 0.341 e. The van der Waals surface area contributed by atoms with Gasteiger partial charge in [-0.25, -0.2) is 4.79 Å². The van der Waals surface area contributed by atoms with Gasteiger partial charge in [-0.15, -0.1) is 0 Å². The molecule has 1 aromatic heterocycles. The van der Waals surface area contributed by atoms with Crippen molar-refractivity contribution in [1.29, 1.82) is 0 Å². The second-order valence-corrected chi connectivity index (χ2v) is 6.45. The number of para-hydroxylation sites is 1. The molecular formula is C20H26N2O4. The number of piperazine rings is 1. The number of ether oxygens (including phenoxy) is 2. The van der Waals surface area contributed by atoms with E-state index in [1.54, 1.807) is 13.0 Å². The summed E-state index contributed by atoms with van der Waals surface area (Å²) >= 11 is 0. The molecule has 6 heteroatoms. The molecule has 6 nitrogen and oxygen atoms in total. The van der Waals surface area contributed by atoms with E-state index in [0.717, 1.165) is 44.2 Å². The number of aryl methyl sites for hydroxylation is 1. The van der Waals surface area contributed by atoms with Gasteiger partial charge in [0.05, 0.1) is 13.7 Å². The number of carbonyl (C=O) groups excluding carboxylic acids is 1. The molecule has 0 unspecified atom stereocenters. The molecule has 3 rings (SSSR count). The number of hydrogen-bond acceptors (Lipinski definition) is 6. The molecule has 2 aromatic rings. The van der Waals surface area contributed by atoms with Crippen LogP contribution in [0.15, 0.2) is 40.8 Å². The minimum Gasteiger partial charge on any atom is -0.492 e. The minimum absolute atomic E-state index is 0.347. The zero-order valence-corrected chi connectivity index (χ0v) is 15.4. The molecule has 0 atom stereocenters. The van der Waals surface area contributed by atoms with Crippen LogP contribution >= 0.6 is 0 Å². The number of furan rings is 1. The summed E-state index contributed by atoms with van der Waals surface area (Å²) in [6.45, 7) is 8.08. The molecule has 0 saturated carbocycles. The van der Waals surface area contributed by atoms with Crippen LogP contribution in [0.3, 0.4) is 0 Å². The molecule has 0 amide bonds. The van der Waals surface area contributed by atoms with Crippen LogP contribution in [0.4, 0.5) is 0 Å². The molecule has 1 fully saturated rings. The van der Waals surface area contributed by atoms with Crippen molar-refractivity contribution in [2.75, 3.05) is 46.4 Å². The maximum Gasteiger partial charge on any atom is 0.341 e. The van der Waals surface area contributed by atoms with E-state index in [4.69, 9.17) is 13.9 Å². The van der Waals surface area contributed by atoms with Crippen LogP contribution < -0.4 is 4.74 Å². The third kappa shape index (κ3) is 4.86. The quantitative estimate of drug-likeness (QED) is 0.709. The molecule has 0 radical (unpaired) electrons. The lowest BCUT2D eigenvalue weighted by atomic mass is 10.2. The largest absolute Gasteiger partial charge is 0.492 e. The predicted octanol–water partition coefficient (Wildman–Crippen LogP) is 2.57. The molecule has 140 valence electrons. The number of methoxy groups -OCH3 is 1. The standard InChI is InChI=1S/C20H26N2O4/c1-16-19(20(23)24-2)14-18(26-16)15-22-10-8-21(9-11-22)12-13-25-17-6-4-3-5-7-17/h3-7,14H,8-13,15H2,1-2H3. The Morgan fingerprint density at radius 2 is 1.81 bits per heavy atom. The Morgan fingerprint density at radius 1 is 1.12 bits per heavy atom. The molecule has 1 aromatic carbocycles. The third-order valence-corrected chi connectivity index (χ3v) is 4.64. The number of nitrogens with zero attached hydrogens (tertiary/aromatic N) is 2. The fourth-order valence-electron chi connectivity index (χ4n) is 3.13. The zero-order chi connectivity index (χ0) is 18.4. The number of hydrogen-bond donors (Lipinski definition) is 0. The molecule has 0 spiro atoms. The highest BCUT2D eigenvalue weighted by atomic mass is 16.5. The molecule has 1 aliphatic rings. The van der Waals surface area contributed by atoms with Crippen LogP contribution in [0.1, 0.15) is 21.9 Å². The fraction of sp³-hybridized carbons (Fsp3) is 0.450. The number of benzene rings is 1. The van der Waals surface area contributed by atoms with E-state index in [2.05, 4.69) is 9.80 Å². The molecule has 0 aliphatic carbocycles. The summed E-state index contributed by atoms with van der Waals surface area (Å²) in [5, 5.41) is 0. The van der Waals surface area contributed by atoms with E-state index >= 15 is 0 Å². The van der Waals surface area contributed by atoms with Crippen molar-refractivity contribution in [2.45, 2.75) is 13.5 Å². The van der Waals surface area contributed by atoms with Gasteiger partial charge >= 0.3 is 5.97 Å². The molecule has 0 bridgehead atoms. The Bertz CT molecular complexity index is 706. The fourth-order valence-corrected chi connectivity index (χ4v) is 3.13. The van der Waals surface area contributed by atoms with Crippen molar-refractivity contribution >= 4 is 5.97 Å². The Balaban J connectivity index is 1.40. The highest BCUT2D eigenvalue weighted by Crippen LogP contribution is 2.18. The van der Waals surface area contributed by atoms with E-state index in [1.165, 1.54) is 7.11 Å². The van der Waals surface area contributed by atoms with Gasteiger partial charge in [0, 0.05) is 32.7 Å². The Hall–Kier alpha value is -2.31. The van der Waals surface area contributed by atoms with E-state index in [0.29, 0.717) is 24.5 Å². The summed E-state index contributed by atoms with van der Waals surface area (Å²) in [6, 6.07) is 11.7. The Labute approximate surface area is 154 Å². The van der Waals surface area contributed by atoms with Crippen LogP contribution in [0.25, 0.3) is 0 Å². The van der Waals surface area contributed by atoms with Gasteiger partial charge in [0.2, 0.25) is 0 Å². The summed E-state index contributed by atoms with van der Waals surface area (Å²) in [5.41, 5.74) is 0.513. The molecule has 26 heavy (non-hydrogen) atoms.